The van der Waals surface area contributed by atoms with Gasteiger partial charge < -0.3 is 16.6 Å². The zero-order valence-corrected chi connectivity index (χ0v) is 10.7. The molecule has 0 bridgehead atoms. The van der Waals surface area contributed by atoms with E-state index in [4.69, 9.17) is 11.5 Å². The third-order valence-electron chi connectivity index (χ3n) is 1.42. The molecule has 0 aliphatic heterocycles. The maximum absolute atomic E-state index is 9.44. The van der Waals surface area contributed by atoms with E-state index in [9.17, 15) is 5.11 Å². The average Bonchev–Trinajstić information content (AvgIpc) is 2.13. The minimum atomic E-state index is -0.108. The lowest BCUT2D eigenvalue weighted by molar-refractivity contribution is 0.468. The van der Waals surface area contributed by atoms with Crippen molar-refractivity contribution in [3.8, 4) is 5.75 Å². The molecule has 1 aromatic carbocycles. The van der Waals surface area contributed by atoms with Crippen LogP contribution in [0, 0.1) is 0 Å². The quantitative estimate of drug-likeness (QED) is 0.434. The first-order valence-electron chi connectivity index (χ1n) is 3.80. The van der Waals surface area contributed by atoms with Crippen molar-refractivity contribution in [3.05, 3.63) is 26.6 Å². The van der Waals surface area contributed by atoms with Gasteiger partial charge in [0.2, 0.25) is 5.96 Å². The number of nitrogens with zero attached hydrogens (tertiary/aromatic N) is 2. The Bertz CT molecular complexity index is 404. The standard InChI is InChI=1S/C8H8Br2N4O/c9-5-1-4(2-6(10)7(5)15)3-13-14-8(11)12/h1-3,15H,(H4,11,12,14)/b13-3-. The lowest BCUT2D eigenvalue weighted by Gasteiger charge is -2.01. The van der Waals surface area contributed by atoms with Crippen LogP contribution in [0.5, 0.6) is 5.75 Å². The monoisotopic (exact) mass is 334 g/mol. The third kappa shape index (κ3) is 3.52. The summed E-state index contributed by atoms with van der Waals surface area (Å²) in [5.41, 5.74) is 10.9. The summed E-state index contributed by atoms with van der Waals surface area (Å²) in [7, 11) is 0. The van der Waals surface area contributed by atoms with E-state index in [1.165, 1.54) is 6.21 Å². The molecule has 0 amide bonds. The Labute approximate surface area is 103 Å². The number of hydrogen-bond donors (Lipinski definition) is 3. The zero-order valence-electron chi connectivity index (χ0n) is 7.48. The number of nitrogens with two attached hydrogens (primary N) is 2. The third-order valence-corrected chi connectivity index (χ3v) is 2.63. The summed E-state index contributed by atoms with van der Waals surface area (Å²) in [5.74, 6) is 0.0251. The predicted molar refractivity (Wildman–Crippen MR) is 66.9 cm³/mol. The van der Waals surface area contributed by atoms with Gasteiger partial charge in [-0.15, -0.1) is 5.10 Å². The largest absolute Gasteiger partial charge is 0.506 e. The fourth-order valence-electron chi connectivity index (χ4n) is 0.822. The fourth-order valence-corrected chi connectivity index (χ4v) is 2.04. The molecule has 80 valence electrons. The number of rotatable bonds is 2. The second kappa shape index (κ2) is 5.13. The highest BCUT2D eigenvalue weighted by Crippen LogP contribution is 2.32. The number of aromatic hydroxyl groups is 1. The zero-order chi connectivity index (χ0) is 11.4. The van der Waals surface area contributed by atoms with Gasteiger partial charge in [-0.1, -0.05) is 0 Å². The summed E-state index contributed by atoms with van der Waals surface area (Å²) in [6.45, 7) is 0. The molecule has 0 aromatic heterocycles. The van der Waals surface area contributed by atoms with Crippen molar-refractivity contribution in [2.24, 2.45) is 21.7 Å². The van der Waals surface area contributed by atoms with Crippen molar-refractivity contribution in [1.29, 1.82) is 0 Å². The van der Waals surface area contributed by atoms with Gasteiger partial charge in [-0.25, -0.2) is 0 Å². The van der Waals surface area contributed by atoms with E-state index >= 15 is 0 Å². The van der Waals surface area contributed by atoms with Crippen LogP contribution in [0.4, 0.5) is 0 Å². The molecule has 0 aliphatic carbocycles. The number of hydrogen-bond acceptors (Lipinski definition) is 3. The molecule has 7 heteroatoms. The smallest absolute Gasteiger partial charge is 0.211 e. The molecule has 0 unspecified atom stereocenters. The Kier molecular flexibility index (Phi) is 4.10. The Morgan fingerprint density at radius 3 is 2.27 bits per heavy atom. The summed E-state index contributed by atoms with van der Waals surface area (Å²) in [4.78, 5) is 0. The van der Waals surface area contributed by atoms with Gasteiger partial charge in [-0.05, 0) is 49.6 Å². The topological polar surface area (TPSA) is 97.0 Å². The van der Waals surface area contributed by atoms with Crippen LogP contribution in [-0.2, 0) is 0 Å². The molecule has 0 fully saturated rings. The van der Waals surface area contributed by atoms with Gasteiger partial charge >= 0.3 is 0 Å². The van der Waals surface area contributed by atoms with Crippen molar-refractivity contribution in [2.75, 3.05) is 0 Å². The average molecular weight is 336 g/mol. The molecular weight excluding hydrogens is 328 g/mol. The number of phenolic OH excluding ortho intramolecular Hbond substituents is 1. The number of guanidine groups is 1. The van der Waals surface area contributed by atoms with Gasteiger partial charge in [-0.3, -0.25) is 0 Å². The molecule has 0 radical (unpaired) electrons. The maximum atomic E-state index is 9.44. The van der Waals surface area contributed by atoms with E-state index in [1.807, 2.05) is 0 Å². The first kappa shape index (κ1) is 12.0. The fraction of sp³-hybridized carbons (Fsp3) is 0. The summed E-state index contributed by atoms with van der Waals surface area (Å²) in [5, 5.41) is 16.5. The van der Waals surface area contributed by atoms with Crippen LogP contribution < -0.4 is 11.5 Å². The molecule has 5 nitrogen and oxygen atoms in total. The van der Waals surface area contributed by atoms with Gasteiger partial charge in [0.1, 0.15) is 5.75 Å². The van der Waals surface area contributed by atoms with E-state index in [1.54, 1.807) is 12.1 Å². The Morgan fingerprint density at radius 1 is 1.27 bits per heavy atom. The highest BCUT2D eigenvalue weighted by atomic mass is 79.9. The molecule has 1 rings (SSSR count). The van der Waals surface area contributed by atoms with Crippen molar-refractivity contribution >= 4 is 44.0 Å². The Hall–Kier alpha value is -1.08. The summed E-state index contributed by atoms with van der Waals surface area (Å²) < 4.78 is 1.12. The molecule has 0 heterocycles. The molecule has 15 heavy (non-hydrogen) atoms. The molecule has 0 atom stereocenters. The van der Waals surface area contributed by atoms with Crippen molar-refractivity contribution in [3.63, 3.8) is 0 Å². The second-order valence-electron chi connectivity index (χ2n) is 2.60. The first-order valence-corrected chi connectivity index (χ1v) is 5.39. The molecule has 0 spiro atoms. The molecule has 1 aromatic rings. The van der Waals surface area contributed by atoms with Crippen LogP contribution in [0.2, 0.25) is 0 Å². The Morgan fingerprint density at radius 2 is 1.80 bits per heavy atom. The summed E-state index contributed by atoms with van der Waals surface area (Å²) >= 11 is 6.38. The van der Waals surface area contributed by atoms with Gasteiger partial charge in [0.05, 0.1) is 15.2 Å². The SMILES string of the molecule is NC(N)=N/N=C\c1cc(Br)c(O)c(Br)c1. The van der Waals surface area contributed by atoms with E-state index in [-0.39, 0.29) is 11.7 Å². The van der Waals surface area contributed by atoms with Crippen molar-refractivity contribution in [1.82, 2.24) is 0 Å². The second-order valence-corrected chi connectivity index (χ2v) is 4.31. The first-order chi connectivity index (χ1) is 7.00. The highest BCUT2D eigenvalue weighted by molar-refractivity contribution is 9.11. The lowest BCUT2D eigenvalue weighted by atomic mass is 10.2. The van der Waals surface area contributed by atoms with Gasteiger partial charge in [0.25, 0.3) is 0 Å². The van der Waals surface area contributed by atoms with Crippen molar-refractivity contribution in [2.45, 2.75) is 0 Å². The van der Waals surface area contributed by atoms with E-state index in [0.29, 0.717) is 8.95 Å². The summed E-state index contributed by atoms with van der Waals surface area (Å²) in [6, 6.07) is 3.37. The van der Waals surface area contributed by atoms with Crippen LogP contribution in [0.3, 0.4) is 0 Å². The van der Waals surface area contributed by atoms with Crippen LogP contribution >= 0.6 is 31.9 Å². The van der Waals surface area contributed by atoms with E-state index < -0.39 is 0 Å². The highest BCUT2D eigenvalue weighted by Gasteiger charge is 2.04. The molecule has 5 N–H and O–H groups in total. The molecular formula is C8H8Br2N4O. The molecule has 0 aliphatic rings. The minimum absolute atomic E-state index is 0.108. The van der Waals surface area contributed by atoms with Gasteiger partial charge in [0.15, 0.2) is 0 Å². The normalized spacial score (nSPS) is 10.5. The van der Waals surface area contributed by atoms with Gasteiger partial charge in [0, 0.05) is 0 Å². The van der Waals surface area contributed by atoms with Crippen LogP contribution in [0.25, 0.3) is 0 Å². The maximum Gasteiger partial charge on any atom is 0.211 e. The van der Waals surface area contributed by atoms with Crippen molar-refractivity contribution < 1.29 is 5.11 Å². The van der Waals surface area contributed by atoms with Crippen LogP contribution in [0.15, 0.2) is 31.3 Å². The lowest BCUT2D eigenvalue weighted by Crippen LogP contribution is -2.21. The Balaban J connectivity index is 2.98. The van der Waals surface area contributed by atoms with E-state index in [0.717, 1.165) is 5.56 Å². The van der Waals surface area contributed by atoms with Gasteiger partial charge in [-0.2, -0.15) is 5.10 Å². The number of benzene rings is 1. The summed E-state index contributed by atoms with van der Waals surface area (Å²) in [6.07, 6.45) is 1.47. The predicted octanol–water partition coefficient (Wildman–Crippen LogP) is 1.52. The van der Waals surface area contributed by atoms with E-state index in [2.05, 4.69) is 42.1 Å². The number of halogens is 2. The number of phenols is 1. The van der Waals surface area contributed by atoms with Crippen LogP contribution in [-0.4, -0.2) is 17.3 Å². The molecule has 0 saturated heterocycles. The molecule has 0 saturated carbocycles. The minimum Gasteiger partial charge on any atom is -0.506 e. The van der Waals surface area contributed by atoms with Crippen LogP contribution in [0.1, 0.15) is 5.56 Å².